The molecular weight excluding hydrogens is 385 g/mol. The Balaban J connectivity index is 1.65. The number of pyridine rings is 1. The van der Waals surface area contributed by atoms with Gasteiger partial charge in [0.2, 0.25) is 5.91 Å². The Kier molecular flexibility index (Phi) is 5.62. The van der Waals surface area contributed by atoms with Gasteiger partial charge in [-0.25, -0.2) is 4.98 Å². The molecule has 10 heteroatoms. The fourth-order valence-electron chi connectivity index (χ4n) is 1.95. The van der Waals surface area contributed by atoms with Crippen LogP contribution in [0.2, 0.25) is 10.0 Å². The van der Waals surface area contributed by atoms with Crippen LogP contribution < -0.4 is 5.32 Å². The molecule has 0 aliphatic heterocycles. The number of nitrogens with one attached hydrogen (secondary N) is 1. The van der Waals surface area contributed by atoms with Crippen molar-refractivity contribution in [3.63, 3.8) is 0 Å². The maximum Gasteiger partial charge on any atom is 0.238 e. The molecule has 0 spiro atoms. The SMILES string of the molecule is CC(Sc1nncn1Cc1ccco1)C(=O)Nc1ncc(Cl)cc1Cl. The molecule has 0 bridgehead atoms. The molecule has 0 aliphatic rings. The molecule has 0 saturated heterocycles. The van der Waals surface area contributed by atoms with E-state index in [9.17, 15) is 4.79 Å². The lowest BCUT2D eigenvalue weighted by Crippen LogP contribution is -2.23. The topological polar surface area (TPSA) is 85.8 Å². The van der Waals surface area contributed by atoms with Crippen LogP contribution in [0.4, 0.5) is 5.82 Å². The molecule has 130 valence electrons. The van der Waals surface area contributed by atoms with Crippen LogP contribution in [0.5, 0.6) is 0 Å². The van der Waals surface area contributed by atoms with Gasteiger partial charge in [-0.15, -0.1) is 10.2 Å². The largest absolute Gasteiger partial charge is 0.467 e. The van der Waals surface area contributed by atoms with Gasteiger partial charge in [0.25, 0.3) is 0 Å². The van der Waals surface area contributed by atoms with Crippen LogP contribution in [-0.2, 0) is 11.3 Å². The smallest absolute Gasteiger partial charge is 0.238 e. The minimum Gasteiger partial charge on any atom is -0.467 e. The number of thioether (sulfide) groups is 1. The number of hydrogen-bond donors (Lipinski definition) is 1. The van der Waals surface area contributed by atoms with Crippen molar-refractivity contribution in [2.75, 3.05) is 5.32 Å². The van der Waals surface area contributed by atoms with Gasteiger partial charge >= 0.3 is 0 Å². The molecule has 0 aliphatic carbocycles. The van der Waals surface area contributed by atoms with Crippen molar-refractivity contribution in [1.29, 1.82) is 0 Å². The number of anilines is 1. The molecule has 1 unspecified atom stereocenters. The molecule has 25 heavy (non-hydrogen) atoms. The summed E-state index contributed by atoms with van der Waals surface area (Å²) in [7, 11) is 0. The third-order valence-electron chi connectivity index (χ3n) is 3.19. The van der Waals surface area contributed by atoms with Gasteiger partial charge in [0.15, 0.2) is 11.0 Å². The van der Waals surface area contributed by atoms with Crippen molar-refractivity contribution >= 4 is 46.7 Å². The highest BCUT2D eigenvalue weighted by molar-refractivity contribution is 8.00. The molecule has 0 saturated carbocycles. The number of amides is 1. The number of furan rings is 1. The summed E-state index contributed by atoms with van der Waals surface area (Å²) in [6.45, 7) is 2.25. The molecule has 3 aromatic heterocycles. The Bertz CT molecular complexity index is 869. The molecular formula is C15H13Cl2N5O2S. The van der Waals surface area contributed by atoms with E-state index in [0.29, 0.717) is 16.7 Å². The zero-order chi connectivity index (χ0) is 17.8. The summed E-state index contributed by atoms with van der Waals surface area (Å²) in [5.74, 6) is 0.783. The zero-order valence-electron chi connectivity index (χ0n) is 13.0. The first-order chi connectivity index (χ1) is 12.0. The van der Waals surface area contributed by atoms with Crippen LogP contribution in [0.1, 0.15) is 12.7 Å². The van der Waals surface area contributed by atoms with Crippen LogP contribution >= 0.6 is 35.0 Å². The van der Waals surface area contributed by atoms with E-state index >= 15 is 0 Å². The van der Waals surface area contributed by atoms with Crippen LogP contribution in [0.15, 0.2) is 46.6 Å². The normalized spacial score (nSPS) is 12.1. The predicted octanol–water partition coefficient (Wildman–Crippen LogP) is 3.74. The van der Waals surface area contributed by atoms with Gasteiger partial charge in [0.05, 0.1) is 28.1 Å². The highest BCUT2D eigenvalue weighted by atomic mass is 35.5. The second kappa shape index (κ2) is 7.90. The molecule has 3 rings (SSSR count). The molecule has 3 heterocycles. The third-order valence-corrected chi connectivity index (χ3v) is 4.78. The Labute approximate surface area is 157 Å². The second-order valence-electron chi connectivity index (χ2n) is 5.05. The average molecular weight is 398 g/mol. The number of nitrogens with zero attached hydrogens (tertiary/aromatic N) is 4. The molecule has 1 N–H and O–H groups in total. The summed E-state index contributed by atoms with van der Waals surface area (Å²) in [6.07, 6.45) is 4.61. The fourth-order valence-corrected chi connectivity index (χ4v) is 3.20. The van der Waals surface area contributed by atoms with Gasteiger partial charge < -0.3 is 14.3 Å². The van der Waals surface area contributed by atoms with Crippen LogP contribution in [0.3, 0.4) is 0 Å². The number of carbonyl (C=O) groups is 1. The Morgan fingerprint density at radius 2 is 2.32 bits per heavy atom. The number of rotatable bonds is 6. The maximum atomic E-state index is 12.4. The highest BCUT2D eigenvalue weighted by Gasteiger charge is 2.19. The number of hydrogen-bond acceptors (Lipinski definition) is 6. The highest BCUT2D eigenvalue weighted by Crippen LogP contribution is 2.26. The summed E-state index contributed by atoms with van der Waals surface area (Å²) in [5, 5.41) is 11.5. The van der Waals surface area contributed by atoms with E-state index in [4.69, 9.17) is 27.6 Å². The van der Waals surface area contributed by atoms with E-state index in [-0.39, 0.29) is 16.7 Å². The quantitative estimate of drug-likeness (QED) is 0.637. The first-order valence-corrected chi connectivity index (χ1v) is 8.85. The van der Waals surface area contributed by atoms with Crippen LogP contribution in [-0.4, -0.2) is 30.9 Å². The van der Waals surface area contributed by atoms with E-state index in [0.717, 1.165) is 5.76 Å². The van der Waals surface area contributed by atoms with Crippen molar-refractivity contribution in [2.24, 2.45) is 0 Å². The first-order valence-electron chi connectivity index (χ1n) is 7.21. The monoisotopic (exact) mass is 397 g/mol. The molecule has 0 radical (unpaired) electrons. The van der Waals surface area contributed by atoms with Crippen molar-refractivity contribution in [3.05, 3.63) is 52.8 Å². The van der Waals surface area contributed by atoms with Crippen LogP contribution in [0.25, 0.3) is 0 Å². The van der Waals surface area contributed by atoms with Crippen molar-refractivity contribution in [3.8, 4) is 0 Å². The van der Waals surface area contributed by atoms with Crippen LogP contribution in [0, 0.1) is 0 Å². The summed E-state index contributed by atoms with van der Waals surface area (Å²) in [4.78, 5) is 16.4. The summed E-state index contributed by atoms with van der Waals surface area (Å²) < 4.78 is 7.12. The lowest BCUT2D eigenvalue weighted by Gasteiger charge is -2.12. The minimum atomic E-state index is -0.437. The molecule has 0 fully saturated rings. The van der Waals surface area contributed by atoms with E-state index in [2.05, 4.69) is 20.5 Å². The zero-order valence-corrected chi connectivity index (χ0v) is 15.3. The number of carbonyl (C=O) groups excluding carboxylic acids is 1. The third kappa shape index (κ3) is 4.53. The van der Waals surface area contributed by atoms with Gasteiger partial charge in [0, 0.05) is 6.20 Å². The predicted molar refractivity (Wildman–Crippen MR) is 96.0 cm³/mol. The summed E-state index contributed by atoms with van der Waals surface area (Å²) in [5.41, 5.74) is 0. The fraction of sp³-hybridized carbons (Fsp3) is 0.200. The Hall–Kier alpha value is -2.03. The average Bonchev–Trinajstić information content (AvgIpc) is 3.23. The summed E-state index contributed by atoms with van der Waals surface area (Å²) in [6, 6.07) is 5.19. The summed E-state index contributed by atoms with van der Waals surface area (Å²) >= 11 is 13.1. The Morgan fingerprint density at radius 3 is 3.04 bits per heavy atom. The molecule has 3 aromatic rings. The lowest BCUT2D eigenvalue weighted by molar-refractivity contribution is -0.115. The van der Waals surface area contributed by atoms with Crippen molar-refractivity contribution < 1.29 is 9.21 Å². The molecule has 1 atom stereocenters. The molecule has 0 aromatic carbocycles. The van der Waals surface area contributed by atoms with E-state index < -0.39 is 5.25 Å². The van der Waals surface area contributed by atoms with Gasteiger partial charge in [0.1, 0.15) is 12.1 Å². The maximum absolute atomic E-state index is 12.4. The molecule has 1 amide bonds. The van der Waals surface area contributed by atoms with Gasteiger partial charge in [-0.05, 0) is 25.1 Å². The number of aromatic nitrogens is 4. The van der Waals surface area contributed by atoms with Gasteiger partial charge in [-0.2, -0.15) is 0 Å². The standard InChI is InChI=1S/C15H13Cl2N5O2S/c1-9(14(23)20-13-12(17)5-10(16)6-18-13)25-15-21-19-8-22(15)7-11-3-2-4-24-11/h2-6,8-9H,7H2,1H3,(H,18,20,23). The first kappa shape index (κ1) is 17.8. The van der Waals surface area contributed by atoms with Gasteiger partial charge in [-0.3, -0.25) is 4.79 Å². The Morgan fingerprint density at radius 1 is 1.48 bits per heavy atom. The van der Waals surface area contributed by atoms with Crippen molar-refractivity contribution in [1.82, 2.24) is 19.7 Å². The van der Waals surface area contributed by atoms with E-state index in [1.165, 1.54) is 24.0 Å². The second-order valence-corrected chi connectivity index (χ2v) is 7.21. The van der Waals surface area contributed by atoms with E-state index in [1.54, 1.807) is 24.1 Å². The number of halogens is 2. The van der Waals surface area contributed by atoms with Gasteiger partial charge in [-0.1, -0.05) is 35.0 Å². The molecule has 7 nitrogen and oxygen atoms in total. The lowest BCUT2D eigenvalue weighted by atomic mass is 10.4. The van der Waals surface area contributed by atoms with Crippen molar-refractivity contribution in [2.45, 2.75) is 23.9 Å². The van der Waals surface area contributed by atoms with E-state index in [1.807, 2.05) is 12.1 Å². The minimum absolute atomic E-state index is 0.255.